The van der Waals surface area contributed by atoms with Crippen LogP contribution in [-0.4, -0.2) is 49.1 Å². The minimum atomic E-state index is -0.179. The number of nitrogens with one attached hydrogen (secondary N) is 1. The molecule has 3 rings (SSSR count). The van der Waals surface area contributed by atoms with E-state index in [1.165, 1.54) is 6.07 Å². The minimum Gasteiger partial charge on any atom is -0.497 e. The molecule has 2 amide bonds. The van der Waals surface area contributed by atoms with Crippen molar-refractivity contribution in [1.82, 2.24) is 9.80 Å². The summed E-state index contributed by atoms with van der Waals surface area (Å²) in [6, 6.07) is 13.9. The quantitative estimate of drug-likeness (QED) is 0.927. The number of piperazine rings is 1. The van der Waals surface area contributed by atoms with Gasteiger partial charge in [-0.3, -0.25) is 4.90 Å². The summed E-state index contributed by atoms with van der Waals surface area (Å²) in [5.74, 6) is 0.571. The number of benzene rings is 2. The molecule has 5 nitrogen and oxygen atoms in total. The number of hydrogen-bond acceptors (Lipinski definition) is 3. The molecule has 0 saturated carbocycles. The zero-order chi connectivity index (χ0) is 17.6. The van der Waals surface area contributed by atoms with Gasteiger partial charge in [-0.25, -0.2) is 9.18 Å². The van der Waals surface area contributed by atoms with Crippen molar-refractivity contribution in [2.24, 2.45) is 0 Å². The van der Waals surface area contributed by atoms with Crippen LogP contribution in [0.15, 0.2) is 48.5 Å². The number of carbonyl (C=O) groups excluding carboxylic acids is 1. The van der Waals surface area contributed by atoms with E-state index in [1.807, 2.05) is 30.3 Å². The fourth-order valence-electron chi connectivity index (χ4n) is 2.85. The van der Waals surface area contributed by atoms with Crippen molar-refractivity contribution in [1.29, 1.82) is 0 Å². The van der Waals surface area contributed by atoms with Crippen LogP contribution in [0.1, 0.15) is 5.56 Å². The second-order valence-electron chi connectivity index (χ2n) is 6.01. The highest BCUT2D eigenvalue weighted by Gasteiger charge is 2.21. The van der Waals surface area contributed by atoms with Crippen molar-refractivity contribution in [3.8, 4) is 5.75 Å². The Kier molecular flexibility index (Phi) is 5.50. The lowest BCUT2D eigenvalue weighted by atomic mass is 10.2. The van der Waals surface area contributed by atoms with E-state index in [1.54, 1.807) is 24.1 Å². The van der Waals surface area contributed by atoms with Crippen LogP contribution >= 0.6 is 0 Å². The Morgan fingerprint density at radius 1 is 1.08 bits per heavy atom. The van der Waals surface area contributed by atoms with E-state index in [0.717, 1.165) is 24.5 Å². The van der Waals surface area contributed by atoms with Gasteiger partial charge in [-0.15, -0.1) is 0 Å². The van der Waals surface area contributed by atoms with Gasteiger partial charge >= 0.3 is 6.03 Å². The molecule has 0 aliphatic carbocycles. The number of methoxy groups -OCH3 is 1. The average molecular weight is 343 g/mol. The summed E-state index contributed by atoms with van der Waals surface area (Å²) in [5, 5.41) is 2.89. The van der Waals surface area contributed by atoms with Crippen LogP contribution in [0.4, 0.5) is 14.9 Å². The van der Waals surface area contributed by atoms with Crippen LogP contribution in [0.5, 0.6) is 5.75 Å². The van der Waals surface area contributed by atoms with Crippen molar-refractivity contribution >= 4 is 11.7 Å². The molecule has 1 aliphatic rings. The van der Waals surface area contributed by atoms with Crippen LogP contribution in [0, 0.1) is 5.82 Å². The first-order valence-electron chi connectivity index (χ1n) is 8.31. The Hall–Kier alpha value is -2.60. The number of anilines is 1. The maximum atomic E-state index is 13.7. The van der Waals surface area contributed by atoms with Gasteiger partial charge in [0.1, 0.15) is 11.6 Å². The molecule has 0 bridgehead atoms. The van der Waals surface area contributed by atoms with E-state index in [2.05, 4.69) is 10.2 Å². The van der Waals surface area contributed by atoms with E-state index in [9.17, 15) is 9.18 Å². The lowest BCUT2D eigenvalue weighted by Gasteiger charge is -2.34. The summed E-state index contributed by atoms with van der Waals surface area (Å²) in [7, 11) is 1.61. The van der Waals surface area contributed by atoms with Crippen LogP contribution in [-0.2, 0) is 6.54 Å². The number of carbonyl (C=O) groups is 1. The second kappa shape index (κ2) is 7.98. The third kappa shape index (κ3) is 4.48. The minimum absolute atomic E-state index is 0.115. The van der Waals surface area contributed by atoms with Crippen LogP contribution < -0.4 is 10.1 Å². The fourth-order valence-corrected chi connectivity index (χ4v) is 2.85. The molecule has 1 fully saturated rings. The zero-order valence-corrected chi connectivity index (χ0v) is 14.2. The van der Waals surface area contributed by atoms with Gasteiger partial charge < -0.3 is 15.0 Å². The summed E-state index contributed by atoms with van der Waals surface area (Å²) in [5.41, 5.74) is 1.43. The average Bonchev–Trinajstić information content (AvgIpc) is 2.65. The van der Waals surface area contributed by atoms with Crippen molar-refractivity contribution in [3.05, 3.63) is 59.9 Å². The van der Waals surface area contributed by atoms with Crippen LogP contribution in [0.2, 0.25) is 0 Å². The van der Waals surface area contributed by atoms with Crippen LogP contribution in [0.3, 0.4) is 0 Å². The molecule has 2 aromatic rings. The van der Waals surface area contributed by atoms with E-state index in [-0.39, 0.29) is 11.8 Å². The van der Waals surface area contributed by atoms with E-state index in [0.29, 0.717) is 25.2 Å². The summed E-state index contributed by atoms with van der Waals surface area (Å²) in [6.45, 7) is 3.27. The molecule has 1 saturated heterocycles. The maximum Gasteiger partial charge on any atom is 0.321 e. The standard InChI is InChI=1S/C19H22FN3O2/c1-25-17-8-6-16(7-9-17)21-19(24)23-12-10-22(11-13-23)14-15-4-2-3-5-18(15)20/h2-9H,10-14H2,1H3,(H,21,24). The smallest absolute Gasteiger partial charge is 0.321 e. The number of rotatable bonds is 4. The Morgan fingerprint density at radius 2 is 1.76 bits per heavy atom. The largest absolute Gasteiger partial charge is 0.497 e. The lowest BCUT2D eigenvalue weighted by Crippen LogP contribution is -2.49. The molecule has 1 aliphatic heterocycles. The Bertz CT molecular complexity index is 713. The van der Waals surface area contributed by atoms with Gasteiger partial charge in [-0.05, 0) is 30.3 Å². The molecule has 0 unspecified atom stereocenters. The SMILES string of the molecule is COc1ccc(NC(=O)N2CCN(Cc3ccccc3F)CC2)cc1. The molecule has 0 aromatic heterocycles. The first-order valence-corrected chi connectivity index (χ1v) is 8.31. The van der Waals surface area contributed by atoms with Crippen molar-refractivity contribution < 1.29 is 13.9 Å². The van der Waals surface area contributed by atoms with Crippen molar-refractivity contribution in [2.75, 3.05) is 38.6 Å². The highest BCUT2D eigenvalue weighted by atomic mass is 19.1. The zero-order valence-electron chi connectivity index (χ0n) is 14.2. The van der Waals surface area contributed by atoms with Gasteiger partial charge in [0.05, 0.1) is 7.11 Å². The lowest BCUT2D eigenvalue weighted by molar-refractivity contribution is 0.142. The van der Waals surface area contributed by atoms with Crippen molar-refractivity contribution in [3.63, 3.8) is 0 Å². The van der Waals surface area contributed by atoms with E-state index in [4.69, 9.17) is 4.74 Å². The summed E-state index contributed by atoms with van der Waals surface area (Å²) >= 11 is 0. The molecule has 0 atom stereocenters. The van der Waals surface area contributed by atoms with Crippen LogP contribution in [0.25, 0.3) is 0 Å². The van der Waals surface area contributed by atoms with Gasteiger partial charge in [0.2, 0.25) is 0 Å². The van der Waals surface area contributed by atoms with Gasteiger partial charge in [0, 0.05) is 44.0 Å². The normalized spacial score (nSPS) is 15.0. The third-order valence-corrected chi connectivity index (χ3v) is 4.35. The third-order valence-electron chi connectivity index (χ3n) is 4.35. The molecule has 1 N–H and O–H groups in total. The predicted octanol–water partition coefficient (Wildman–Crippen LogP) is 3.18. The number of halogens is 1. The molecule has 6 heteroatoms. The number of urea groups is 1. The van der Waals surface area contributed by atoms with Gasteiger partial charge in [0.15, 0.2) is 0 Å². The molecule has 0 spiro atoms. The van der Waals surface area contributed by atoms with E-state index < -0.39 is 0 Å². The molecule has 0 radical (unpaired) electrons. The first-order chi connectivity index (χ1) is 12.2. The molecule has 132 valence electrons. The Morgan fingerprint density at radius 3 is 2.40 bits per heavy atom. The topological polar surface area (TPSA) is 44.8 Å². The molecule has 2 aromatic carbocycles. The predicted molar refractivity (Wildman–Crippen MR) is 95.3 cm³/mol. The second-order valence-corrected chi connectivity index (χ2v) is 6.01. The Labute approximate surface area is 147 Å². The molecule has 1 heterocycles. The Balaban J connectivity index is 1.49. The summed E-state index contributed by atoms with van der Waals surface area (Å²) in [4.78, 5) is 16.3. The van der Waals surface area contributed by atoms with Gasteiger partial charge in [0.25, 0.3) is 0 Å². The molecular formula is C19H22FN3O2. The number of amides is 2. The number of ether oxygens (including phenoxy) is 1. The van der Waals surface area contributed by atoms with E-state index >= 15 is 0 Å². The van der Waals surface area contributed by atoms with Crippen molar-refractivity contribution in [2.45, 2.75) is 6.54 Å². The first kappa shape index (κ1) is 17.2. The highest BCUT2D eigenvalue weighted by Crippen LogP contribution is 2.16. The maximum absolute atomic E-state index is 13.7. The highest BCUT2D eigenvalue weighted by molar-refractivity contribution is 5.89. The molecule has 25 heavy (non-hydrogen) atoms. The van der Waals surface area contributed by atoms with Gasteiger partial charge in [-0.2, -0.15) is 0 Å². The van der Waals surface area contributed by atoms with Gasteiger partial charge in [-0.1, -0.05) is 18.2 Å². The monoisotopic (exact) mass is 343 g/mol. The fraction of sp³-hybridized carbons (Fsp3) is 0.316. The summed E-state index contributed by atoms with van der Waals surface area (Å²) in [6.07, 6.45) is 0. The molecular weight excluding hydrogens is 321 g/mol. The number of hydrogen-bond donors (Lipinski definition) is 1. The number of nitrogens with zero attached hydrogens (tertiary/aromatic N) is 2. The summed E-state index contributed by atoms with van der Waals surface area (Å²) < 4.78 is 18.8.